The van der Waals surface area contributed by atoms with E-state index in [0.717, 1.165) is 64.8 Å². The number of methoxy groups -OCH3 is 1. The van der Waals surface area contributed by atoms with E-state index in [1.165, 1.54) is 0 Å². The lowest BCUT2D eigenvalue weighted by atomic mass is 9.81. The molecule has 1 aromatic carbocycles. The Kier molecular flexibility index (Phi) is 8.37. The van der Waals surface area contributed by atoms with Crippen molar-refractivity contribution < 1.29 is 14.9 Å². The first-order valence-electron chi connectivity index (χ1n) is 11.1. The summed E-state index contributed by atoms with van der Waals surface area (Å²) in [7, 11) is 1.65. The predicted octanol–water partition coefficient (Wildman–Crippen LogP) is 4.24. The highest BCUT2D eigenvalue weighted by Crippen LogP contribution is 2.33. The van der Waals surface area contributed by atoms with Gasteiger partial charge in [-0.05, 0) is 67.5 Å². The minimum Gasteiger partial charge on any atom is -0.497 e. The van der Waals surface area contributed by atoms with E-state index < -0.39 is 6.10 Å². The lowest BCUT2D eigenvalue weighted by Gasteiger charge is -2.38. The summed E-state index contributed by atoms with van der Waals surface area (Å²) in [5.41, 5.74) is 1.76. The fourth-order valence-corrected chi connectivity index (χ4v) is 6.29. The van der Waals surface area contributed by atoms with Gasteiger partial charge in [0.15, 0.2) is 0 Å². The molecule has 4 rings (SSSR count). The first-order valence-corrected chi connectivity index (χ1v) is 13.0. The number of rotatable bonds is 10. The molecule has 0 spiro atoms. The largest absolute Gasteiger partial charge is 0.497 e. The number of thiazole rings is 1. The summed E-state index contributed by atoms with van der Waals surface area (Å²) in [5, 5.41) is 23.9. The Hall–Kier alpha value is -1.71. The molecule has 32 heavy (non-hydrogen) atoms. The Morgan fingerprint density at radius 2 is 2.16 bits per heavy atom. The van der Waals surface area contributed by atoms with Gasteiger partial charge in [-0.2, -0.15) is 0 Å². The number of thioether (sulfide) groups is 1. The molecule has 3 heterocycles. The van der Waals surface area contributed by atoms with Crippen LogP contribution in [0.25, 0.3) is 10.9 Å². The van der Waals surface area contributed by atoms with Gasteiger partial charge in [-0.3, -0.25) is 4.98 Å². The van der Waals surface area contributed by atoms with Gasteiger partial charge in [0.25, 0.3) is 0 Å². The molecule has 1 unspecified atom stereocenters. The van der Waals surface area contributed by atoms with Crippen molar-refractivity contribution in [2.24, 2.45) is 11.8 Å². The van der Waals surface area contributed by atoms with Crippen LogP contribution in [0.15, 0.2) is 46.4 Å². The number of hydrogen-bond donors (Lipinski definition) is 2. The molecule has 3 atom stereocenters. The van der Waals surface area contributed by atoms with Gasteiger partial charge in [-0.25, -0.2) is 4.98 Å². The van der Waals surface area contributed by atoms with Crippen molar-refractivity contribution >= 4 is 34.0 Å². The molecule has 2 N–H and O–H groups in total. The molecule has 0 bridgehead atoms. The van der Waals surface area contributed by atoms with Gasteiger partial charge in [0.05, 0.1) is 18.7 Å². The summed E-state index contributed by atoms with van der Waals surface area (Å²) < 4.78 is 6.47. The van der Waals surface area contributed by atoms with E-state index in [2.05, 4.69) is 14.9 Å². The molecule has 0 aliphatic carbocycles. The van der Waals surface area contributed by atoms with Crippen molar-refractivity contribution in [3.63, 3.8) is 0 Å². The molecule has 1 fully saturated rings. The summed E-state index contributed by atoms with van der Waals surface area (Å²) in [6.07, 6.45) is 5.69. The Balaban J connectivity index is 1.31. The Morgan fingerprint density at radius 1 is 1.25 bits per heavy atom. The number of likely N-dealkylation sites (tertiary alicyclic amines) is 1. The van der Waals surface area contributed by atoms with E-state index in [9.17, 15) is 10.2 Å². The minimum absolute atomic E-state index is 0.201. The van der Waals surface area contributed by atoms with Crippen molar-refractivity contribution in [2.45, 2.75) is 29.7 Å². The number of ether oxygens (including phenoxy) is 1. The number of aromatic nitrogens is 2. The number of piperidine rings is 1. The van der Waals surface area contributed by atoms with Crippen LogP contribution in [0, 0.1) is 11.8 Å². The molecule has 0 saturated carbocycles. The molecular weight excluding hydrogens is 442 g/mol. The number of aliphatic hydroxyl groups is 2. The van der Waals surface area contributed by atoms with Gasteiger partial charge in [0.2, 0.25) is 0 Å². The average molecular weight is 474 g/mol. The normalized spacial score (nSPS) is 20.5. The van der Waals surface area contributed by atoms with Gasteiger partial charge in [0, 0.05) is 48.6 Å². The first-order chi connectivity index (χ1) is 15.7. The first kappa shape index (κ1) is 23.4. The number of pyridine rings is 1. The molecule has 6 nitrogen and oxygen atoms in total. The highest BCUT2D eigenvalue weighted by atomic mass is 32.2. The number of nitrogens with zero attached hydrogens (tertiary/aromatic N) is 3. The molecular formula is C24H31N3O3S2. The van der Waals surface area contributed by atoms with Crippen LogP contribution in [0.4, 0.5) is 0 Å². The number of aliphatic hydroxyl groups excluding tert-OH is 2. The lowest BCUT2D eigenvalue weighted by molar-refractivity contribution is 0.0608. The van der Waals surface area contributed by atoms with Crippen molar-refractivity contribution in [2.75, 3.05) is 39.1 Å². The molecule has 8 heteroatoms. The third kappa shape index (κ3) is 5.80. The molecule has 1 saturated heterocycles. The quantitative estimate of drug-likeness (QED) is 0.427. The Bertz CT molecular complexity index is 986. The minimum atomic E-state index is -0.556. The number of benzene rings is 1. The third-order valence-corrected chi connectivity index (χ3v) is 8.35. The third-order valence-electron chi connectivity index (χ3n) is 6.41. The lowest BCUT2D eigenvalue weighted by Crippen LogP contribution is -2.43. The van der Waals surface area contributed by atoms with Crippen LogP contribution >= 0.6 is 23.1 Å². The van der Waals surface area contributed by atoms with Crippen molar-refractivity contribution in [1.82, 2.24) is 14.9 Å². The van der Waals surface area contributed by atoms with Crippen molar-refractivity contribution in [3.8, 4) is 5.75 Å². The van der Waals surface area contributed by atoms with Crippen LogP contribution in [0.5, 0.6) is 5.75 Å². The number of hydrogen-bond acceptors (Lipinski definition) is 8. The fourth-order valence-electron chi connectivity index (χ4n) is 4.58. The van der Waals surface area contributed by atoms with E-state index in [1.54, 1.807) is 36.4 Å². The smallest absolute Gasteiger partial charge is 0.149 e. The zero-order chi connectivity index (χ0) is 22.3. The van der Waals surface area contributed by atoms with Gasteiger partial charge >= 0.3 is 0 Å². The monoisotopic (exact) mass is 473 g/mol. The molecule has 0 radical (unpaired) electrons. The maximum Gasteiger partial charge on any atom is 0.149 e. The van der Waals surface area contributed by atoms with E-state index in [4.69, 9.17) is 4.74 Å². The van der Waals surface area contributed by atoms with Crippen LogP contribution in [0.2, 0.25) is 0 Å². The summed E-state index contributed by atoms with van der Waals surface area (Å²) in [6, 6.07) is 7.66. The van der Waals surface area contributed by atoms with Crippen LogP contribution in [-0.4, -0.2) is 64.2 Å². The summed E-state index contributed by atoms with van der Waals surface area (Å²) in [4.78, 5) is 11.2. The molecule has 3 aromatic rings. The topological polar surface area (TPSA) is 78.7 Å². The van der Waals surface area contributed by atoms with Crippen molar-refractivity contribution in [1.29, 1.82) is 0 Å². The van der Waals surface area contributed by atoms with Crippen LogP contribution in [-0.2, 0) is 0 Å². The second kappa shape index (κ2) is 11.4. The van der Waals surface area contributed by atoms with Gasteiger partial charge in [0.1, 0.15) is 10.1 Å². The molecule has 1 aliphatic rings. The zero-order valence-electron chi connectivity index (χ0n) is 18.4. The van der Waals surface area contributed by atoms with E-state index in [-0.39, 0.29) is 12.5 Å². The van der Waals surface area contributed by atoms with Gasteiger partial charge in [-0.1, -0.05) is 11.8 Å². The zero-order valence-corrected chi connectivity index (χ0v) is 20.0. The van der Waals surface area contributed by atoms with E-state index in [1.807, 2.05) is 35.8 Å². The van der Waals surface area contributed by atoms with Crippen LogP contribution in [0.3, 0.4) is 0 Å². The fraction of sp³-hybridized carbons (Fsp3) is 0.500. The van der Waals surface area contributed by atoms with E-state index in [0.29, 0.717) is 12.3 Å². The SMILES string of the molecule is COc1ccc2nccc(C(O)CC[C@@H]3CCN(CCSc4nccs4)C[C@@H]3CO)c2c1. The summed E-state index contributed by atoms with van der Waals surface area (Å²) >= 11 is 3.49. The van der Waals surface area contributed by atoms with Crippen LogP contribution in [0.1, 0.15) is 30.9 Å². The summed E-state index contributed by atoms with van der Waals surface area (Å²) in [5.74, 6) is 2.48. The maximum atomic E-state index is 11.0. The maximum absolute atomic E-state index is 11.0. The molecule has 2 aromatic heterocycles. The highest BCUT2D eigenvalue weighted by Gasteiger charge is 2.29. The predicted molar refractivity (Wildman–Crippen MR) is 130 cm³/mol. The summed E-state index contributed by atoms with van der Waals surface area (Å²) in [6.45, 7) is 3.18. The highest BCUT2D eigenvalue weighted by molar-refractivity contribution is 8.01. The average Bonchev–Trinajstić information content (AvgIpc) is 3.35. The second-order valence-electron chi connectivity index (χ2n) is 8.31. The van der Waals surface area contributed by atoms with Crippen LogP contribution < -0.4 is 4.74 Å². The Morgan fingerprint density at radius 3 is 2.94 bits per heavy atom. The van der Waals surface area contributed by atoms with E-state index >= 15 is 0 Å². The standard InChI is InChI=1S/C24H31N3O3S2/c1-30-19-3-4-22-21(14-19)20(6-8-25-22)23(29)5-2-17-7-10-27(15-18(17)16-28)11-13-32-24-26-9-12-31-24/h3-4,6,8-9,12,14,17-18,23,28-29H,2,5,7,10-11,13,15-16H2,1H3/t17-,18-,23?/m1/s1. The molecule has 1 aliphatic heterocycles. The Labute approximate surface area is 197 Å². The molecule has 172 valence electrons. The number of fused-ring (bicyclic) bond motifs is 1. The van der Waals surface area contributed by atoms with Gasteiger partial charge < -0.3 is 19.8 Å². The second-order valence-corrected chi connectivity index (χ2v) is 10.6. The van der Waals surface area contributed by atoms with Crippen molar-refractivity contribution in [3.05, 3.63) is 47.6 Å². The molecule has 0 amide bonds. The van der Waals surface area contributed by atoms with Gasteiger partial charge in [-0.15, -0.1) is 11.3 Å².